The smallest absolute Gasteiger partial charge is 0.306 e. The van der Waals surface area contributed by atoms with E-state index in [0.717, 1.165) is 64.2 Å². The number of hydrogen-bond acceptors (Lipinski definition) is 5. The van der Waals surface area contributed by atoms with Gasteiger partial charge in [0.05, 0.1) is 25.2 Å². The Morgan fingerprint density at radius 1 is 0.500 bits per heavy atom. The van der Waals surface area contributed by atoms with Crippen molar-refractivity contribution in [2.24, 2.45) is 0 Å². The third-order valence-corrected chi connectivity index (χ3v) is 11.8. The number of allylic oxidation sites excluding steroid dienone is 4. The number of unbranched alkanes of at least 4 members (excludes halogenated alkanes) is 31. The van der Waals surface area contributed by atoms with Crippen LogP contribution in [0, 0.1) is 0 Å². The van der Waals surface area contributed by atoms with Gasteiger partial charge < -0.3 is 20.3 Å². The zero-order valence-electron chi connectivity index (χ0n) is 38.9. The Morgan fingerprint density at radius 2 is 0.862 bits per heavy atom. The highest BCUT2D eigenvalue weighted by Gasteiger charge is 2.24. The van der Waals surface area contributed by atoms with Crippen molar-refractivity contribution in [2.45, 2.75) is 289 Å². The summed E-state index contributed by atoms with van der Waals surface area (Å²) >= 11 is 0. The highest BCUT2D eigenvalue weighted by atomic mass is 16.5. The lowest BCUT2D eigenvalue weighted by Crippen LogP contribution is -2.46. The van der Waals surface area contributed by atoms with Gasteiger partial charge >= 0.3 is 5.97 Å². The molecule has 0 heterocycles. The first-order valence-corrected chi connectivity index (χ1v) is 25.6. The van der Waals surface area contributed by atoms with Crippen LogP contribution in [0.4, 0.5) is 0 Å². The van der Waals surface area contributed by atoms with Gasteiger partial charge in [0.2, 0.25) is 5.91 Å². The molecule has 0 aliphatic rings. The Bertz CT molecular complexity index is 919. The van der Waals surface area contributed by atoms with Crippen LogP contribution in [0.25, 0.3) is 0 Å². The molecule has 6 heteroatoms. The molecule has 0 aromatic rings. The SMILES string of the molecule is CCCCCCCCC/C=C/C=C/CCCCCC(=O)OC(CCCCCCCCCC)CC(=O)NC(CO)C(O)CCCCCCCCCCCCCCCCC. The maximum absolute atomic E-state index is 13.1. The summed E-state index contributed by atoms with van der Waals surface area (Å²) in [6, 6.07) is -0.701. The average molecular weight is 818 g/mol. The molecule has 0 saturated heterocycles. The van der Waals surface area contributed by atoms with Crippen LogP contribution in [0.15, 0.2) is 24.3 Å². The maximum Gasteiger partial charge on any atom is 0.306 e. The van der Waals surface area contributed by atoms with E-state index in [-0.39, 0.29) is 24.9 Å². The van der Waals surface area contributed by atoms with Gasteiger partial charge in [0, 0.05) is 6.42 Å². The van der Waals surface area contributed by atoms with Crippen LogP contribution in [0.5, 0.6) is 0 Å². The molecule has 0 aromatic heterocycles. The highest BCUT2D eigenvalue weighted by Crippen LogP contribution is 2.18. The summed E-state index contributed by atoms with van der Waals surface area (Å²) in [6.07, 6.45) is 52.5. The number of esters is 1. The molecular weight excluding hydrogens is 719 g/mol. The monoisotopic (exact) mass is 818 g/mol. The molecule has 0 saturated carbocycles. The fourth-order valence-corrected chi connectivity index (χ4v) is 7.89. The molecule has 3 N–H and O–H groups in total. The Kier molecular flexibility index (Phi) is 45.1. The van der Waals surface area contributed by atoms with Crippen molar-refractivity contribution < 1.29 is 24.5 Å². The average Bonchev–Trinajstić information content (AvgIpc) is 3.22. The molecule has 0 aliphatic carbocycles. The van der Waals surface area contributed by atoms with E-state index < -0.39 is 18.2 Å². The van der Waals surface area contributed by atoms with Gasteiger partial charge in [-0.2, -0.15) is 0 Å². The van der Waals surface area contributed by atoms with Gasteiger partial charge in [0.1, 0.15) is 6.10 Å². The summed E-state index contributed by atoms with van der Waals surface area (Å²) in [6.45, 7) is 6.46. The molecule has 1 amide bonds. The Hall–Kier alpha value is -1.66. The van der Waals surface area contributed by atoms with Gasteiger partial charge in [-0.25, -0.2) is 0 Å². The van der Waals surface area contributed by atoms with E-state index in [1.54, 1.807) is 0 Å². The number of hydrogen-bond donors (Lipinski definition) is 3. The van der Waals surface area contributed by atoms with E-state index in [4.69, 9.17) is 4.74 Å². The van der Waals surface area contributed by atoms with E-state index in [9.17, 15) is 19.8 Å². The third-order valence-electron chi connectivity index (χ3n) is 11.8. The molecule has 342 valence electrons. The molecule has 58 heavy (non-hydrogen) atoms. The molecule has 0 spiro atoms. The molecule has 0 aliphatic heterocycles. The first-order chi connectivity index (χ1) is 28.5. The molecular formula is C52H99NO5. The lowest BCUT2D eigenvalue weighted by molar-refractivity contribution is -0.151. The third kappa shape index (κ3) is 41.1. The highest BCUT2D eigenvalue weighted by molar-refractivity contribution is 5.77. The van der Waals surface area contributed by atoms with Crippen molar-refractivity contribution in [2.75, 3.05) is 6.61 Å². The summed E-state index contributed by atoms with van der Waals surface area (Å²) in [7, 11) is 0. The second-order valence-corrected chi connectivity index (χ2v) is 17.6. The van der Waals surface area contributed by atoms with Crippen LogP contribution in [-0.4, -0.2) is 46.9 Å². The molecule has 0 rings (SSSR count). The number of ether oxygens (including phenoxy) is 1. The van der Waals surface area contributed by atoms with E-state index in [0.29, 0.717) is 19.3 Å². The van der Waals surface area contributed by atoms with Gasteiger partial charge in [0.25, 0.3) is 0 Å². The fraction of sp³-hybridized carbons (Fsp3) is 0.885. The van der Waals surface area contributed by atoms with Crippen molar-refractivity contribution in [3.8, 4) is 0 Å². The van der Waals surface area contributed by atoms with Crippen molar-refractivity contribution in [1.29, 1.82) is 0 Å². The van der Waals surface area contributed by atoms with Crippen LogP contribution in [0.2, 0.25) is 0 Å². The summed E-state index contributed by atoms with van der Waals surface area (Å²) in [5.74, 6) is -0.497. The summed E-state index contributed by atoms with van der Waals surface area (Å²) in [4.78, 5) is 26.0. The molecule has 0 fully saturated rings. The molecule has 3 atom stereocenters. The van der Waals surface area contributed by atoms with Crippen LogP contribution in [-0.2, 0) is 14.3 Å². The fourth-order valence-electron chi connectivity index (χ4n) is 7.89. The molecule has 0 aromatic carbocycles. The molecule has 0 radical (unpaired) electrons. The topological polar surface area (TPSA) is 95.9 Å². The van der Waals surface area contributed by atoms with Gasteiger partial charge in [-0.05, 0) is 51.4 Å². The van der Waals surface area contributed by atoms with Crippen molar-refractivity contribution >= 4 is 11.9 Å². The minimum absolute atomic E-state index is 0.0711. The minimum atomic E-state index is -0.787. The number of carbonyl (C=O) groups excluding carboxylic acids is 2. The summed E-state index contributed by atoms with van der Waals surface area (Å²) < 4.78 is 5.89. The second kappa shape index (κ2) is 46.4. The lowest BCUT2D eigenvalue weighted by atomic mass is 10.0. The van der Waals surface area contributed by atoms with Crippen molar-refractivity contribution in [3.05, 3.63) is 24.3 Å². The van der Waals surface area contributed by atoms with Crippen molar-refractivity contribution in [1.82, 2.24) is 5.32 Å². The normalized spacial score (nSPS) is 13.4. The maximum atomic E-state index is 13.1. The minimum Gasteiger partial charge on any atom is -0.462 e. The Morgan fingerprint density at radius 3 is 1.28 bits per heavy atom. The molecule has 6 nitrogen and oxygen atoms in total. The first-order valence-electron chi connectivity index (χ1n) is 25.6. The number of carbonyl (C=O) groups is 2. The number of aliphatic hydroxyl groups excluding tert-OH is 2. The first kappa shape index (κ1) is 56.3. The second-order valence-electron chi connectivity index (χ2n) is 17.6. The van der Waals surface area contributed by atoms with Crippen LogP contribution in [0.1, 0.15) is 271 Å². The number of amides is 1. The predicted molar refractivity (Wildman–Crippen MR) is 250 cm³/mol. The van der Waals surface area contributed by atoms with Crippen molar-refractivity contribution in [3.63, 3.8) is 0 Å². The zero-order valence-corrected chi connectivity index (χ0v) is 38.9. The van der Waals surface area contributed by atoms with Gasteiger partial charge in [-0.3, -0.25) is 9.59 Å². The van der Waals surface area contributed by atoms with Crippen LogP contribution in [0.3, 0.4) is 0 Å². The van der Waals surface area contributed by atoms with Crippen LogP contribution < -0.4 is 5.32 Å². The van der Waals surface area contributed by atoms with E-state index in [2.05, 4.69) is 50.4 Å². The zero-order chi connectivity index (χ0) is 42.4. The molecule has 3 unspecified atom stereocenters. The summed E-state index contributed by atoms with van der Waals surface area (Å²) in [5, 5.41) is 23.7. The van der Waals surface area contributed by atoms with Gasteiger partial charge in [0.15, 0.2) is 0 Å². The number of rotatable bonds is 46. The van der Waals surface area contributed by atoms with Crippen LogP contribution >= 0.6 is 0 Å². The standard InChI is InChI=1S/C52H99NO5/c1-4-7-10-13-16-19-21-23-25-27-29-31-33-36-39-42-45-52(57)58-48(43-40-37-34-18-15-12-9-6-3)46-51(56)53-49(47-54)50(55)44-41-38-35-32-30-28-26-24-22-20-17-14-11-8-5-2/h25,27,29,31,48-50,54-55H,4-24,26,28,30,32-47H2,1-3H3,(H,53,56)/b27-25+,31-29+. The summed E-state index contributed by atoms with van der Waals surface area (Å²) in [5.41, 5.74) is 0. The van der Waals surface area contributed by atoms with Gasteiger partial charge in [-0.1, -0.05) is 231 Å². The molecule has 0 bridgehead atoms. The van der Waals surface area contributed by atoms with E-state index in [1.165, 1.54) is 161 Å². The quantitative estimate of drug-likeness (QED) is 0.0323. The largest absolute Gasteiger partial charge is 0.462 e. The van der Waals surface area contributed by atoms with E-state index >= 15 is 0 Å². The van der Waals surface area contributed by atoms with Gasteiger partial charge in [-0.15, -0.1) is 0 Å². The number of aliphatic hydroxyl groups is 2. The lowest BCUT2D eigenvalue weighted by Gasteiger charge is -2.24. The van der Waals surface area contributed by atoms with E-state index in [1.807, 2.05) is 0 Å². The Labute approximate surface area is 361 Å². The predicted octanol–water partition coefficient (Wildman–Crippen LogP) is 15.1. The number of nitrogens with one attached hydrogen (secondary N) is 1. The Balaban J connectivity index is 4.43.